The van der Waals surface area contributed by atoms with Gasteiger partial charge in [-0.15, -0.1) is 0 Å². The summed E-state index contributed by atoms with van der Waals surface area (Å²) in [6.45, 7) is 0. The van der Waals surface area contributed by atoms with Crippen LogP contribution in [0.3, 0.4) is 0 Å². The van der Waals surface area contributed by atoms with Crippen molar-refractivity contribution in [2.75, 3.05) is 0 Å². The van der Waals surface area contributed by atoms with Crippen LogP contribution in [-0.2, 0) is 0 Å². The molecule has 0 aliphatic heterocycles. The molecule has 9 heavy (non-hydrogen) atoms. The molecule has 0 radical (unpaired) electrons. The summed E-state index contributed by atoms with van der Waals surface area (Å²) in [7, 11) is 0. The predicted molar refractivity (Wildman–Crippen MR) is 32.4 cm³/mol. The Hall–Kier alpha value is -0.960. The number of nitrogens with zero attached hydrogens (tertiary/aromatic N) is 2. The molecule has 1 aromatic heterocycles. The number of carbonyl (C=O) groups excluding carboxylic acids is 1. The van der Waals surface area contributed by atoms with E-state index in [1.807, 2.05) is 0 Å². The normalized spacial score (nSPS) is 9.00. The van der Waals surface area contributed by atoms with Gasteiger partial charge in [-0.1, -0.05) is 0 Å². The van der Waals surface area contributed by atoms with Crippen LogP contribution >= 0.6 is 11.6 Å². The molecular formula is C5H3ClN2O. The Balaban J connectivity index is 3.07. The summed E-state index contributed by atoms with van der Waals surface area (Å²) in [5.41, 5.74) is 0.301. The van der Waals surface area contributed by atoms with E-state index in [-0.39, 0.29) is 5.28 Å². The van der Waals surface area contributed by atoms with Gasteiger partial charge in [-0.3, -0.25) is 4.79 Å². The maximum absolute atomic E-state index is 10.0. The lowest BCUT2D eigenvalue weighted by atomic mass is 10.5. The van der Waals surface area contributed by atoms with Gasteiger partial charge in [0.15, 0.2) is 6.29 Å². The minimum Gasteiger partial charge on any atom is -0.296 e. The SMILES string of the molecule is O=Cc1ccnc(Cl)n1. The van der Waals surface area contributed by atoms with Gasteiger partial charge in [0.25, 0.3) is 0 Å². The first-order chi connectivity index (χ1) is 4.33. The van der Waals surface area contributed by atoms with Crippen LogP contribution in [0.15, 0.2) is 12.3 Å². The van der Waals surface area contributed by atoms with Gasteiger partial charge in [-0.25, -0.2) is 9.97 Å². The van der Waals surface area contributed by atoms with Crippen LogP contribution in [0.1, 0.15) is 10.5 Å². The maximum Gasteiger partial charge on any atom is 0.222 e. The van der Waals surface area contributed by atoms with E-state index in [2.05, 4.69) is 9.97 Å². The highest BCUT2D eigenvalue weighted by molar-refractivity contribution is 6.28. The summed E-state index contributed by atoms with van der Waals surface area (Å²) in [5, 5.41) is 0.0969. The van der Waals surface area contributed by atoms with Crippen molar-refractivity contribution in [1.29, 1.82) is 0 Å². The lowest BCUT2D eigenvalue weighted by Gasteiger charge is -1.86. The zero-order valence-corrected chi connectivity index (χ0v) is 5.17. The largest absolute Gasteiger partial charge is 0.296 e. The molecule has 0 saturated carbocycles. The summed E-state index contributed by atoms with van der Waals surface area (Å²) < 4.78 is 0. The van der Waals surface area contributed by atoms with Gasteiger partial charge in [-0.2, -0.15) is 0 Å². The van der Waals surface area contributed by atoms with Crippen LogP contribution in [0, 0.1) is 0 Å². The third-order valence-electron chi connectivity index (χ3n) is 0.768. The molecule has 3 nitrogen and oxygen atoms in total. The van der Waals surface area contributed by atoms with Gasteiger partial charge in [0.05, 0.1) is 0 Å². The molecule has 0 amide bonds. The van der Waals surface area contributed by atoms with Gasteiger partial charge in [0, 0.05) is 6.20 Å². The van der Waals surface area contributed by atoms with E-state index in [4.69, 9.17) is 11.6 Å². The summed E-state index contributed by atoms with van der Waals surface area (Å²) in [5.74, 6) is 0. The van der Waals surface area contributed by atoms with E-state index in [9.17, 15) is 4.79 Å². The van der Waals surface area contributed by atoms with Crippen molar-refractivity contribution in [3.8, 4) is 0 Å². The summed E-state index contributed by atoms with van der Waals surface area (Å²) in [6.07, 6.45) is 2.05. The average molecular weight is 143 g/mol. The fraction of sp³-hybridized carbons (Fsp3) is 0. The Morgan fingerprint density at radius 3 is 2.89 bits per heavy atom. The molecule has 4 heteroatoms. The van der Waals surface area contributed by atoms with Crippen molar-refractivity contribution >= 4 is 17.9 Å². The number of rotatable bonds is 1. The minimum atomic E-state index is 0.0969. The molecule has 1 heterocycles. The molecule has 1 rings (SSSR count). The van der Waals surface area contributed by atoms with Gasteiger partial charge in [0.2, 0.25) is 5.28 Å². The van der Waals surface area contributed by atoms with Crippen molar-refractivity contribution in [1.82, 2.24) is 9.97 Å². The topological polar surface area (TPSA) is 42.9 Å². The van der Waals surface area contributed by atoms with E-state index in [0.29, 0.717) is 12.0 Å². The van der Waals surface area contributed by atoms with Crippen molar-refractivity contribution in [2.24, 2.45) is 0 Å². The number of carbonyl (C=O) groups is 1. The van der Waals surface area contributed by atoms with Crippen LogP contribution in [0.25, 0.3) is 0 Å². The third kappa shape index (κ3) is 1.47. The van der Waals surface area contributed by atoms with Gasteiger partial charge in [0.1, 0.15) is 5.69 Å². The van der Waals surface area contributed by atoms with E-state index >= 15 is 0 Å². The van der Waals surface area contributed by atoms with E-state index in [1.54, 1.807) is 0 Å². The van der Waals surface area contributed by atoms with E-state index < -0.39 is 0 Å². The summed E-state index contributed by atoms with van der Waals surface area (Å²) in [6, 6.07) is 1.48. The van der Waals surface area contributed by atoms with Gasteiger partial charge < -0.3 is 0 Å². The van der Waals surface area contributed by atoms with Crippen LogP contribution in [-0.4, -0.2) is 16.3 Å². The quantitative estimate of drug-likeness (QED) is 0.433. The fourth-order valence-electron chi connectivity index (χ4n) is 0.413. The molecule has 46 valence electrons. The number of halogens is 1. The molecule has 0 atom stereocenters. The van der Waals surface area contributed by atoms with E-state index in [0.717, 1.165) is 0 Å². The first-order valence-corrected chi connectivity index (χ1v) is 2.64. The van der Waals surface area contributed by atoms with E-state index in [1.165, 1.54) is 12.3 Å². The Morgan fingerprint density at radius 2 is 2.44 bits per heavy atom. The number of aldehydes is 1. The van der Waals surface area contributed by atoms with Crippen LogP contribution < -0.4 is 0 Å². The highest BCUT2D eigenvalue weighted by Gasteiger charge is 1.91. The molecule has 0 saturated heterocycles. The molecule has 0 aromatic carbocycles. The second-order valence-electron chi connectivity index (χ2n) is 1.37. The van der Waals surface area contributed by atoms with Crippen LogP contribution in [0.4, 0.5) is 0 Å². The predicted octanol–water partition coefficient (Wildman–Crippen LogP) is 0.942. The molecule has 0 fully saturated rings. The molecule has 1 aromatic rings. The number of hydrogen-bond acceptors (Lipinski definition) is 3. The molecule has 0 unspecified atom stereocenters. The van der Waals surface area contributed by atoms with Crippen molar-refractivity contribution in [2.45, 2.75) is 0 Å². The highest BCUT2D eigenvalue weighted by atomic mass is 35.5. The molecule has 0 N–H and O–H groups in total. The van der Waals surface area contributed by atoms with Gasteiger partial charge in [-0.05, 0) is 17.7 Å². The summed E-state index contributed by atoms with van der Waals surface area (Å²) >= 11 is 5.34. The summed E-state index contributed by atoms with van der Waals surface area (Å²) in [4.78, 5) is 17.2. The van der Waals surface area contributed by atoms with Crippen molar-refractivity contribution in [3.63, 3.8) is 0 Å². The van der Waals surface area contributed by atoms with Crippen molar-refractivity contribution in [3.05, 3.63) is 23.2 Å². The first-order valence-electron chi connectivity index (χ1n) is 2.26. The molecule has 0 aliphatic carbocycles. The average Bonchev–Trinajstić information content (AvgIpc) is 1.88. The Bertz CT molecular complexity index is 226. The lowest BCUT2D eigenvalue weighted by molar-refractivity contribution is 0.111. The zero-order valence-electron chi connectivity index (χ0n) is 4.41. The second kappa shape index (κ2) is 2.55. The zero-order chi connectivity index (χ0) is 6.69. The molecule has 0 spiro atoms. The van der Waals surface area contributed by atoms with Gasteiger partial charge >= 0.3 is 0 Å². The highest BCUT2D eigenvalue weighted by Crippen LogP contribution is 1.97. The molecule has 0 aliphatic rings. The minimum absolute atomic E-state index is 0.0969. The monoisotopic (exact) mass is 142 g/mol. The molecular weight excluding hydrogens is 140 g/mol. The maximum atomic E-state index is 10.0. The number of hydrogen-bond donors (Lipinski definition) is 0. The Labute approximate surface area is 56.7 Å². The number of aromatic nitrogens is 2. The first kappa shape index (κ1) is 6.16. The molecule has 0 bridgehead atoms. The lowest BCUT2D eigenvalue weighted by Crippen LogP contribution is -1.87. The standard InChI is InChI=1S/C5H3ClN2O/c6-5-7-2-1-4(3-9)8-5/h1-3H. The van der Waals surface area contributed by atoms with Crippen LogP contribution in [0.5, 0.6) is 0 Å². The Morgan fingerprint density at radius 1 is 1.67 bits per heavy atom. The smallest absolute Gasteiger partial charge is 0.222 e. The fourth-order valence-corrected chi connectivity index (χ4v) is 0.567. The van der Waals surface area contributed by atoms with Crippen molar-refractivity contribution < 1.29 is 4.79 Å². The Kier molecular flexibility index (Phi) is 1.75. The third-order valence-corrected chi connectivity index (χ3v) is 0.951. The second-order valence-corrected chi connectivity index (χ2v) is 1.71. The van der Waals surface area contributed by atoms with Crippen LogP contribution in [0.2, 0.25) is 5.28 Å².